The Morgan fingerprint density at radius 2 is 1.92 bits per heavy atom. The molecule has 0 fully saturated rings. The van der Waals surface area contributed by atoms with Crippen LogP contribution < -0.4 is 10.2 Å². The molecule has 0 unspecified atom stereocenters. The van der Waals surface area contributed by atoms with Crippen LogP contribution in [0, 0.1) is 11.6 Å². The van der Waals surface area contributed by atoms with Crippen molar-refractivity contribution in [3.05, 3.63) is 65.9 Å². The van der Waals surface area contributed by atoms with Crippen molar-refractivity contribution in [3.63, 3.8) is 0 Å². The lowest BCUT2D eigenvalue weighted by Gasteiger charge is -2.30. The van der Waals surface area contributed by atoms with Gasteiger partial charge in [-0.1, -0.05) is 18.2 Å². The summed E-state index contributed by atoms with van der Waals surface area (Å²) in [7, 11) is 0. The van der Waals surface area contributed by atoms with Crippen LogP contribution in [0.3, 0.4) is 0 Å². The normalized spacial score (nSPS) is 13.4. The highest BCUT2D eigenvalue weighted by atomic mass is 19.2. The second kappa shape index (κ2) is 6.43. The molecule has 0 amide bonds. The van der Waals surface area contributed by atoms with Gasteiger partial charge in [-0.2, -0.15) is 10.1 Å². The van der Waals surface area contributed by atoms with Crippen molar-refractivity contribution in [1.29, 1.82) is 0 Å². The number of aryl methyl sites for hydroxylation is 1. The summed E-state index contributed by atoms with van der Waals surface area (Å²) in [5.74, 6) is -0.943. The van der Waals surface area contributed by atoms with Gasteiger partial charge >= 0.3 is 0 Å². The number of rotatable bonds is 3. The lowest BCUT2D eigenvalue weighted by Crippen LogP contribution is -2.25. The van der Waals surface area contributed by atoms with E-state index in [1.165, 1.54) is 11.6 Å². The van der Waals surface area contributed by atoms with Crippen molar-refractivity contribution < 1.29 is 8.78 Å². The van der Waals surface area contributed by atoms with Crippen molar-refractivity contribution >= 4 is 23.1 Å². The summed E-state index contributed by atoms with van der Waals surface area (Å²) in [5.41, 5.74) is 2.73. The first-order chi connectivity index (χ1) is 12.2. The second-order valence-electron chi connectivity index (χ2n) is 5.78. The first-order valence-corrected chi connectivity index (χ1v) is 7.98. The molecule has 0 aliphatic carbocycles. The van der Waals surface area contributed by atoms with Gasteiger partial charge < -0.3 is 10.2 Å². The van der Waals surface area contributed by atoms with E-state index >= 15 is 0 Å². The quantitative estimate of drug-likeness (QED) is 0.782. The minimum atomic E-state index is -0.931. The number of hydrogen-bond donors (Lipinski definition) is 1. The molecule has 5 nitrogen and oxygen atoms in total. The minimum absolute atomic E-state index is 0.228. The fraction of sp³-hybridized carbons (Fsp3) is 0.167. The van der Waals surface area contributed by atoms with E-state index in [9.17, 15) is 8.78 Å². The molecule has 0 radical (unpaired) electrons. The minimum Gasteiger partial charge on any atom is -0.325 e. The number of halogens is 2. The van der Waals surface area contributed by atoms with Crippen LogP contribution in [0.15, 0.2) is 48.7 Å². The van der Waals surface area contributed by atoms with Gasteiger partial charge in [0, 0.05) is 24.0 Å². The predicted octanol–water partition coefficient (Wildman–Crippen LogP) is 3.98. The number of aromatic nitrogens is 3. The molecule has 0 bridgehead atoms. The number of hydrogen-bond acceptors (Lipinski definition) is 5. The summed E-state index contributed by atoms with van der Waals surface area (Å²) in [4.78, 5) is 6.55. The Morgan fingerprint density at radius 1 is 1.04 bits per heavy atom. The highest BCUT2D eigenvalue weighted by Gasteiger charge is 2.19. The third-order valence-electron chi connectivity index (χ3n) is 4.11. The van der Waals surface area contributed by atoms with Gasteiger partial charge in [0.25, 0.3) is 0 Å². The van der Waals surface area contributed by atoms with E-state index in [1.54, 1.807) is 6.20 Å². The fourth-order valence-electron chi connectivity index (χ4n) is 2.95. The van der Waals surface area contributed by atoms with Crippen LogP contribution in [0.2, 0.25) is 0 Å². The maximum Gasteiger partial charge on any atom is 0.249 e. The van der Waals surface area contributed by atoms with Gasteiger partial charge in [0.1, 0.15) is 0 Å². The van der Waals surface area contributed by atoms with E-state index in [0.717, 1.165) is 37.2 Å². The third kappa shape index (κ3) is 3.13. The first-order valence-electron chi connectivity index (χ1n) is 7.98. The zero-order valence-corrected chi connectivity index (χ0v) is 13.3. The number of anilines is 4. The lowest BCUT2D eigenvalue weighted by atomic mass is 10.0. The van der Waals surface area contributed by atoms with E-state index < -0.39 is 11.6 Å². The summed E-state index contributed by atoms with van der Waals surface area (Å²) in [5, 5.41) is 10.8. The van der Waals surface area contributed by atoms with E-state index in [1.807, 2.05) is 12.1 Å². The van der Waals surface area contributed by atoms with E-state index in [4.69, 9.17) is 0 Å². The molecule has 1 aliphatic heterocycles. The maximum atomic E-state index is 13.3. The van der Waals surface area contributed by atoms with Gasteiger partial charge in [0.15, 0.2) is 17.5 Å². The van der Waals surface area contributed by atoms with Crippen LogP contribution in [-0.2, 0) is 6.42 Å². The van der Waals surface area contributed by atoms with Crippen molar-refractivity contribution in [2.75, 3.05) is 16.8 Å². The van der Waals surface area contributed by atoms with E-state index in [-0.39, 0.29) is 5.95 Å². The molecule has 126 valence electrons. The number of para-hydroxylation sites is 1. The summed E-state index contributed by atoms with van der Waals surface area (Å²) < 4.78 is 26.4. The Kier molecular flexibility index (Phi) is 3.97. The molecule has 7 heteroatoms. The van der Waals surface area contributed by atoms with Crippen LogP contribution in [0.1, 0.15) is 12.0 Å². The van der Waals surface area contributed by atoms with E-state index in [0.29, 0.717) is 11.5 Å². The lowest BCUT2D eigenvalue weighted by molar-refractivity contribution is 0.509. The third-order valence-corrected chi connectivity index (χ3v) is 4.11. The molecule has 4 rings (SSSR count). The monoisotopic (exact) mass is 339 g/mol. The van der Waals surface area contributed by atoms with Crippen molar-refractivity contribution in [2.24, 2.45) is 0 Å². The van der Waals surface area contributed by atoms with Crippen LogP contribution in [0.4, 0.5) is 31.9 Å². The average molecular weight is 339 g/mol. The Hall–Kier alpha value is -3.09. The summed E-state index contributed by atoms with van der Waals surface area (Å²) in [6.45, 7) is 0.834. The number of nitrogens with one attached hydrogen (secondary N) is 1. The molecule has 1 aliphatic rings. The predicted molar refractivity (Wildman–Crippen MR) is 91.2 cm³/mol. The number of fused-ring (bicyclic) bond motifs is 1. The standard InChI is InChI=1S/C18H15F2N5/c19-14-8-7-13(10-15(14)20)22-18-23-17(11-21-24-18)25-9-3-5-12-4-1-2-6-16(12)25/h1-2,4,6-8,10-11H,3,5,9H2,(H,22,23,24). The Morgan fingerprint density at radius 3 is 2.80 bits per heavy atom. The summed E-state index contributed by atoms with van der Waals surface area (Å²) in [6.07, 6.45) is 3.65. The topological polar surface area (TPSA) is 53.9 Å². The molecule has 0 saturated carbocycles. The zero-order valence-electron chi connectivity index (χ0n) is 13.3. The number of nitrogens with zero attached hydrogens (tertiary/aromatic N) is 4. The van der Waals surface area contributed by atoms with Gasteiger partial charge in [0.05, 0.1) is 6.20 Å². The molecule has 1 N–H and O–H groups in total. The van der Waals surface area contributed by atoms with Crippen molar-refractivity contribution in [2.45, 2.75) is 12.8 Å². The molecule has 2 aromatic carbocycles. The van der Waals surface area contributed by atoms with Gasteiger partial charge in [-0.25, -0.2) is 8.78 Å². The van der Waals surface area contributed by atoms with Gasteiger partial charge in [-0.15, -0.1) is 5.10 Å². The summed E-state index contributed by atoms with van der Waals surface area (Å²) in [6, 6.07) is 11.7. The van der Waals surface area contributed by atoms with Gasteiger partial charge in [-0.05, 0) is 36.6 Å². The molecular formula is C18H15F2N5. The van der Waals surface area contributed by atoms with Gasteiger partial charge in [0.2, 0.25) is 5.95 Å². The molecule has 3 aromatic rings. The van der Waals surface area contributed by atoms with Crippen molar-refractivity contribution in [3.8, 4) is 0 Å². The Bertz CT molecular complexity index is 915. The van der Waals surface area contributed by atoms with Crippen molar-refractivity contribution in [1.82, 2.24) is 15.2 Å². The average Bonchev–Trinajstić information content (AvgIpc) is 2.64. The highest BCUT2D eigenvalue weighted by molar-refractivity contribution is 5.66. The van der Waals surface area contributed by atoms with Gasteiger partial charge in [-0.3, -0.25) is 0 Å². The molecule has 0 spiro atoms. The Balaban J connectivity index is 1.63. The second-order valence-corrected chi connectivity index (χ2v) is 5.78. The highest BCUT2D eigenvalue weighted by Crippen LogP contribution is 2.32. The number of benzene rings is 2. The van der Waals surface area contributed by atoms with Crippen LogP contribution >= 0.6 is 0 Å². The maximum absolute atomic E-state index is 13.3. The fourth-order valence-corrected chi connectivity index (χ4v) is 2.95. The Labute approximate surface area is 143 Å². The molecule has 2 heterocycles. The van der Waals surface area contributed by atoms with Crippen LogP contribution in [-0.4, -0.2) is 21.7 Å². The SMILES string of the molecule is Fc1ccc(Nc2nncc(N3CCCc4ccccc43)n2)cc1F. The summed E-state index contributed by atoms with van der Waals surface area (Å²) >= 11 is 0. The molecule has 0 atom stereocenters. The van der Waals surface area contributed by atoms with E-state index in [2.05, 4.69) is 37.5 Å². The largest absolute Gasteiger partial charge is 0.325 e. The molecule has 0 saturated heterocycles. The van der Waals surface area contributed by atoms with Crippen LogP contribution in [0.5, 0.6) is 0 Å². The molecular weight excluding hydrogens is 324 g/mol. The molecule has 25 heavy (non-hydrogen) atoms. The smallest absolute Gasteiger partial charge is 0.249 e. The molecule has 1 aromatic heterocycles. The van der Waals surface area contributed by atoms with Crippen LogP contribution in [0.25, 0.3) is 0 Å². The first kappa shape index (κ1) is 15.4. The zero-order chi connectivity index (χ0) is 17.2.